The molecule has 2 aromatic rings. The van der Waals surface area contributed by atoms with Gasteiger partial charge in [-0.2, -0.15) is 0 Å². The predicted octanol–water partition coefficient (Wildman–Crippen LogP) is 6.31. The van der Waals surface area contributed by atoms with Crippen LogP contribution in [0.1, 0.15) is 86.8 Å². The first-order valence-electron chi connectivity index (χ1n) is 12.9. The van der Waals surface area contributed by atoms with Gasteiger partial charge >= 0.3 is 0 Å². The first-order chi connectivity index (χ1) is 16.5. The van der Waals surface area contributed by atoms with E-state index in [1.54, 1.807) is 11.3 Å². The summed E-state index contributed by atoms with van der Waals surface area (Å²) in [4.78, 5) is 32.2. The maximum Gasteiger partial charge on any atom is 0.242 e. The average molecular weight is 480 g/mol. The zero-order valence-electron chi connectivity index (χ0n) is 20.6. The molecule has 1 aliphatic heterocycles. The van der Waals surface area contributed by atoms with Crippen LogP contribution in [0.4, 0.5) is 5.00 Å². The maximum absolute atomic E-state index is 13.0. The van der Waals surface area contributed by atoms with Crippen LogP contribution in [0.5, 0.6) is 0 Å². The van der Waals surface area contributed by atoms with Crippen LogP contribution in [0.2, 0.25) is 0 Å². The molecule has 6 heteroatoms. The van der Waals surface area contributed by atoms with E-state index in [0.717, 1.165) is 29.8 Å². The zero-order valence-corrected chi connectivity index (χ0v) is 21.4. The molecule has 0 saturated heterocycles. The molecule has 2 aliphatic rings. The normalized spacial score (nSPS) is 15.8. The van der Waals surface area contributed by atoms with Gasteiger partial charge in [0.2, 0.25) is 5.91 Å². The molecule has 0 spiro atoms. The molecule has 0 radical (unpaired) electrons. The van der Waals surface area contributed by atoms with E-state index in [1.165, 1.54) is 48.1 Å². The zero-order chi connectivity index (χ0) is 23.9. The number of ketones is 1. The van der Waals surface area contributed by atoms with Gasteiger partial charge in [0.15, 0.2) is 0 Å². The number of amidine groups is 1. The van der Waals surface area contributed by atoms with Gasteiger partial charge in [-0.15, -0.1) is 11.3 Å². The van der Waals surface area contributed by atoms with Crippen LogP contribution in [-0.4, -0.2) is 22.5 Å². The Balaban J connectivity index is 1.48. The van der Waals surface area contributed by atoms with Gasteiger partial charge in [0.1, 0.15) is 16.6 Å². The van der Waals surface area contributed by atoms with Crippen molar-refractivity contribution in [3.8, 4) is 0 Å². The second-order valence-corrected chi connectivity index (χ2v) is 10.9. The molecular formula is C28H37N3O2S. The number of aliphatic imine (C=N–C) groups is 1. The minimum Gasteiger partial charge on any atom is -0.299 e. The summed E-state index contributed by atoms with van der Waals surface area (Å²) >= 11 is 1.78. The van der Waals surface area contributed by atoms with E-state index in [4.69, 9.17) is 4.99 Å². The van der Waals surface area contributed by atoms with Gasteiger partial charge in [-0.05, 0) is 42.7 Å². The molecular weight excluding hydrogens is 442 g/mol. The molecule has 1 atom stereocenters. The van der Waals surface area contributed by atoms with Gasteiger partial charge in [-0.3, -0.25) is 20.0 Å². The van der Waals surface area contributed by atoms with Gasteiger partial charge in [0.25, 0.3) is 0 Å². The summed E-state index contributed by atoms with van der Waals surface area (Å²) in [5.74, 6) is 1.19. The number of rotatable bonds is 11. The highest BCUT2D eigenvalue weighted by atomic mass is 32.1. The quantitative estimate of drug-likeness (QED) is 0.384. The Kier molecular flexibility index (Phi) is 8.54. The lowest BCUT2D eigenvalue weighted by Crippen LogP contribution is -2.48. The monoisotopic (exact) mass is 479 g/mol. The summed E-state index contributed by atoms with van der Waals surface area (Å²) in [6.07, 6.45) is 10.5. The smallest absolute Gasteiger partial charge is 0.242 e. The summed E-state index contributed by atoms with van der Waals surface area (Å²) in [6, 6.07) is 9.76. The predicted molar refractivity (Wildman–Crippen MR) is 139 cm³/mol. The van der Waals surface area contributed by atoms with Crippen molar-refractivity contribution in [3.63, 3.8) is 0 Å². The van der Waals surface area contributed by atoms with Crippen molar-refractivity contribution in [2.24, 2.45) is 10.9 Å². The van der Waals surface area contributed by atoms with Crippen LogP contribution < -0.4 is 5.43 Å². The fraction of sp³-hybridized carbons (Fsp3) is 0.536. The van der Waals surface area contributed by atoms with Crippen LogP contribution >= 0.6 is 11.3 Å². The van der Waals surface area contributed by atoms with E-state index in [0.29, 0.717) is 31.1 Å². The van der Waals surface area contributed by atoms with Gasteiger partial charge < -0.3 is 0 Å². The number of thiophene rings is 1. The molecule has 182 valence electrons. The number of unbranched alkanes of at least 4 members (excludes halogenated alkanes) is 2. The molecule has 4 rings (SSSR count). The second kappa shape index (κ2) is 11.8. The molecule has 1 unspecified atom stereocenters. The average Bonchev–Trinajstić information content (AvgIpc) is 3.17. The molecule has 0 bridgehead atoms. The Morgan fingerprint density at radius 2 is 1.88 bits per heavy atom. The van der Waals surface area contributed by atoms with E-state index < -0.39 is 0 Å². The SMILES string of the molecule is CCCCCC(C)CC(=O)CC1=Nc2sc3c(c2CN1NC(=O)Cc1ccccc1)CCCC3. The topological polar surface area (TPSA) is 61.8 Å². The number of nitrogens with zero attached hydrogens (tertiary/aromatic N) is 2. The molecule has 0 fully saturated rings. The number of fused-ring (bicyclic) bond motifs is 3. The first kappa shape index (κ1) is 24.6. The Morgan fingerprint density at radius 1 is 1.09 bits per heavy atom. The molecule has 1 aromatic heterocycles. The largest absolute Gasteiger partial charge is 0.299 e. The van der Waals surface area contributed by atoms with E-state index in [1.807, 2.05) is 35.3 Å². The molecule has 1 N–H and O–H groups in total. The Hall–Kier alpha value is -2.47. The van der Waals surface area contributed by atoms with Gasteiger partial charge in [0.05, 0.1) is 19.4 Å². The standard InChI is InChI=1S/C28H37N3O2S/c1-3-4-6-11-20(2)16-22(32)18-26-29-28-24(23-14-9-10-15-25(23)34-28)19-31(26)30-27(33)17-21-12-7-5-8-13-21/h5,7-8,12-13,20H,3-4,6,9-11,14-19H2,1-2H3,(H,30,33). The van der Waals surface area contributed by atoms with Gasteiger partial charge in [0, 0.05) is 16.9 Å². The molecule has 1 aliphatic carbocycles. The maximum atomic E-state index is 13.0. The van der Waals surface area contributed by atoms with E-state index in [9.17, 15) is 9.59 Å². The van der Waals surface area contributed by atoms with Crippen molar-refractivity contribution in [2.45, 2.75) is 91.0 Å². The number of hydrogen-bond donors (Lipinski definition) is 1. The molecule has 1 aromatic carbocycles. The molecule has 5 nitrogen and oxygen atoms in total. The third-order valence-corrected chi connectivity index (χ3v) is 8.04. The van der Waals surface area contributed by atoms with E-state index in [2.05, 4.69) is 19.3 Å². The van der Waals surface area contributed by atoms with Crippen molar-refractivity contribution < 1.29 is 9.59 Å². The minimum atomic E-state index is -0.0770. The highest BCUT2D eigenvalue weighted by Gasteiger charge is 2.29. The third kappa shape index (κ3) is 6.35. The molecule has 0 saturated carbocycles. The number of carbonyl (C=O) groups is 2. The number of hydrogen-bond acceptors (Lipinski definition) is 5. The number of benzene rings is 1. The number of hydrazine groups is 1. The van der Waals surface area contributed by atoms with Crippen LogP contribution in [0.3, 0.4) is 0 Å². The van der Waals surface area contributed by atoms with Crippen molar-refractivity contribution in [2.75, 3.05) is 0 Å². The van der Waals surface area contributed by atoms with E-state index >= 15 is 0 Å². The molecule has 2 heterocycles. The Morgan fingerprint density at radius 3 is 2.68 bits per heavy atom. The second-order valence-electron chi connectivity index (χ2n) is 9.83. The van der Waals surface area contributed by atoms with Crippen molar-refractivity contribution >= 4 is 33.9 Å². The summed E-state index contributed by atoms with van der Waals surface area (Å²) < 4.78 is 0. The van der Waals surface area contributed by atoms with Crippen LogP contribution in [-0.2, 0) is 35.4 Å². The molecule has 1 amide bonds. The van der Waals surface area contributed by atoms with Crippen molar-refractivity contribution in [1.29, 1.82) is 0 Å². The van der Waals surface area contributed by atoms with Gasteiger partial charge in [-0.25, -0.2) is 4.99 Å². The Labute approximate surface area is 207 Å². The fourth-order valence-electron chi connectivity index (χ4n) is 4.99. The third-order valence-electron chi connectivity index (χ3n) is 6.82. The number of Topliss-reactive ketones (excluding diaryl/α,β-unsaturated/α-hetero) is 1. The summed E-state index contributed by atoms with van der Waals surface area (Å²) in [5.41, 5.74) is 6.71. The lowest BCUT2D eigenvalue weighted by molar-refractivity contribution is -0.124. The number of carbonyl (C=O) groups excluding carboxylic acids is 2. The Bertz CT molecular complexity index is 1030. The first-order valence-corrected chi connectivity index (χ1v) is 13.7. The van der Waals surface area contributed by atoms with Crippen molar-refractivity contribution in [3.05, 3.63) is 51.9 Å². The van der Waals surface area contributed by atoms with Crippen LogP contribution in [0.25, 0.3) is 0 Å². The lowest BCUT2D eigenvalue weighted by atomic mass is 9.94. The van der Waals surface area contributed by atoms with Gasteiger partial charge in [-0.1, -0.05) is 69.9 Å². The molecule has 34 heavy (non-hydrogen) atoms. The van der Waals surface area contributed by atoms with E-state index in [-0.39, 0.29) is 18.1 Å². The summed E-state index contributed by atoms with van der Waals surface area (Å²) in [5, 5.41) is 2.88. The van der Waals surface area contributed by atoms with Crippen molar-refractivity contribution in [1.82, 2.24) is 10.4 Å². The van der Waals surface area contributed by atoms with Crippen LogP contribution in [0.15, 0.2) is 35.3 Å². The highest BCUT2D eigenvalue weighted by molar-refractivity contribution is 7.16. The number of aryl methyl sites for hydroxylation is 1. The fourth-order valence-corrected chi connectivity index (χ4v) is 6.28. The number of nitrogens with one attached hydrogen (secondary N) is 1. The number of amides is 1. The highest BCUT2D eigenvalue weighted by Crippen LogP contribution is 2.42. The minimum absolute atomic E-state index is 0.0770. The summed E-state index contributed by atoms with van der Waals surface area (Å²) in [7, 11) is 0. The lowest BCUT2D eigenvalue weighted by Gasteiger charge is -2.30. The van der Waals surface area contributed by atoms with Crippen LogP contribution in [0, 0.1) is 5.92 Å². The summed E-state index contributed by atoms with van der Waals surface area (Å²) in [6.45, 7) is 4.97.